The molecule has 2 rings (SSSR count). The summed E-state index contributed by atoms with van der Waals surface area (Å²) in [4.78, 5) is 0.196. The molecule has 0 heterocycles. The van der Waals surface area contributed by atoms with Crippen LogP contribution in [0.25, 0.3) is 0 Å². The second-order valence-corrected chi connectivity index (χ2v) is 6.61. The maximum absolute atomic E-state index is 6.26. The van der Waals surface area contributed by atoms with Gasteiger partial charge in [0, 0.05) is 14.3 Å². The Morgan fingerprint density at radius 2 is 1.84 bits per heavy atom. The van der Waals surface area contributed by atoms with Crippen molar-refractivity contribution in [3.63, 3.8) is 0 Å². The average Bonchev–Trinajstić information content (AvgIpc) is 2.39. The third-order valence-corrected chi connectivity index (χ3v) is 4.51. The van der Waals surface area contributed by atoms with E-state index in [1.807, 2.05) is 30.3 Å². The number of alkyl halides is 1. The SMILES string of the molecule is COc1ccc(CC(Br)c2ccc(Br)cc2Cl)cc1. The van der Waals surface area contributed by atoms with Gasteiger partial charge in [-0.25, -0.2) is 0 Å². The highest BCUT2D eigenvalue weighted by molar-refractivity contribution is 9.10. The van der Waals surface area contributed by atoms with Crippen molar-refractivity contribution in [3.8, 4) is 5.75 Å². The minimum absolute atomic E-state index is 0.196. The van der Waals surface area contributed by atoms with Crippen LogP contribution >= 0.6 is 43.5 Å². The lowest BCUT2D eigenvalue weighted by Crippen LogP contribution is -1.96. The molecule has 0 aliphatic carbocycles. The van der Waals surface area contributed by atoms with E-state index in [4.69, 9.17) is 16.3 Å². The molecule has 4 heteroatoms. The zero-order valence-electron chi connectivity index (χ0n) is 10.4. The molecule has 0 spiro atoms. The first-order chi connectivity index (χ1) is 9.10. The zero-order valence-corrected chi connectivity index (χ0v) is 14.3. The molecule has 0 fully saturated rings. The summed E-state index contributed by atoms with van der Waals surface area (Å²) in [5.41, 5.74) is 2.34. The number of methoxy groups -OCH3 is 1. The quantitative estimate of drug-likeness (QED) is 0.586. The Bertz CT molecular complexity index is 555. The Balaban J connectivity index is 2.13. The molecule has 2 aromatic rings. The van der Waals surface area contributed by atoms with Crippen LogP contribution in [0.1, 0.15) is 16.0 Å². The lowest BCUT2D eigenvalue weighted by molar-refractivity contribution is 0.414. The van der Waals surface area contributed by atoms with Crippen LogP contribution in [0.4, 0.5) is 0 Å². The fraction of sp³-hybridized carbons (Fsp3) is 0.200. The van der Waals surface area contributed by atoms with Crippen molar-refractivity contribution in [1.82, 2.24) is 0 Å². The molecule has 0 amide bonds. The highest BCUT2D eigenvalue weighted by atomic mass is 79.9. The van der Waals surface area contributed by atoms with Gasteiger partial charge in [0.05, 0.1) is 7.11 Å². The second-order valence-electron chi connectivity index (χ2n) is 4.19. The minimum atomic E-state index is 0.196. The molecule has 0 bridgehead atoms. The summed E-state index contributed by atoms with van der Waals surface area (Å²) in [6, 6.07) is 14.0. The van der Waals surface area contributed by atoms with Crippen LogP contribution in [-0.2, 0) is 6.42 Å². The van der Waals surface area contributed by atoms with E-state index in [-0.39, 0.29) is 4.83 Å². The van der Waals surface area contributed by atoms with Crippen LogP contribution in [0.3, 0.4) is 0 Å². The van der Waals surface area contributed by atoms with Gasteiger partial charge in [0.25, 0.3) is 0 Å². The van der Waals surface area contributed by atoms with Gasteiger partial charge < -0.3 is 4.74 Å². The van der Waals surface area contributed by atoms with Gasteiger partial charge in [-0.2, -0.15) is 0 Å². The Morgan fingerprint density at radius 3 is 2.42 bits per heavy atom. The van der Waals surface area contributed by atoms with Crippen LogP contribution in [0.5, 0.6) is 5.75 Å². The molecule has 0 radical (unpaired) electrons. The summed E-state index contributed by atoms with van der Waals surface area (Å²) >= 11 is 13.4. The van der Waals surface area contributed by atoms with Crippen molar-refractivity contribution >= 4 is 43.5 Å². The third-order valence-electron chi connectivity index (χ3n) is 2.87. The highest BCUT2D eigenvalue weighted by Crippen LogP contribution is 2.34. The first-order valence-corrected chi connectivity index (χ1v) is 7.91. The first kappa shape index (κ1) is 14.9. The van der Waals surface area contributed by atoms with E-state index in [1.54, 1.807) is 7.11 Å². The number of halogens is 3. The molecule has 1 unspecified atom stereocenters. The van der Waals surface area contributed by atoms with E-state index in [0.717, 1.165) is 27.2 Å². The molecule has 0 saturated heterocycles. The number of hydrogen-bond acceptors (Lipinski definition) is 1. The predicted octanol–water partition coefficient (Wildman–Crippen LogP) is 5.79. The van der Waals surface area contributed by atoms with Gasteiger partial charge in [-0.15, -0.1) is 0 Å². The van der Waals surface area contributed by atoms with Crippen molar-refractivity contribution in [2.24, 2.45) is 0 Å². The Hall–Kier alpha value is -0.510. The van der Waals surface area contributed by atoms with Gasteiger partial charge in [-0.05, 0) is 41.8 Å². The molecule has 0 aromatic heterocycles. The Labute approximate surface area is 135 Å². The van der Waals surface area contributed by atoms with Gasteiger partial charge >= 0.3 is 0 Å². The van der Waals surface area contributed by atoms with E-state index in [0.29, 0.717) is 0 Å². The molecular formula is C15H13Br2ClO. The number of benzene rings is 2. The maximum atomic E-state index is 6.26. The first-order valence-electron chi connectivity index (χ1n) is 5.82. The van der Waals surface area contributed by atoms with Crippen molar-refractivity contribution in [2.45, 2.75) is 11.2 Å². The Morgan fingerprint density at radius 1 is 1.16 bits per heavy atom. The standard InChI is InChI=1S/C15H13Br2ClO/c1-19-12-5-2-10(3-6-12)8-14(17)13-7-4-11(16)9-15(13)18/h2-7,9,14H,8H2,1H3. The summed E-state index contributed by atoms with van der Waals surface area (Å²) in [7, 11) is 1.67. The smallest absolute Gasteiger partial charge is 0.118 e. The summed E-state index contributed by atoms with van der Waals surface area (Å²) in [5, 5.41) is 0.768. The molecule has 0 N–H and O–H groups in total. The van der Waals surface area contributed by atoms with Crippen LogP contribution in [-0.4, -0.2) is 7.11 Å². The van der Waals surface area contributed by atoms with E-state index in [1.165, 1.54) is 5.56 Å². The van der Waals surface area contributed by atoms with E-state index < -0.39 is 0 Å². The predicted molar refractivity (Wildman–Crippen MR) is 87.5 cm³/mol. The van der Waals surface area contributed by atoms with Crippen LogP contribution in [0.15, 0.2) is 46.9 Å². The lowest BCUT2D eigenvalue weighted by atomic mass is 10.0. The van der Waals surface area contributed by atoms with E-state index >= 15 is 0 Å². The van der Waals surface area contributed by atoms with Crippen molar-refractivity contribution in [3.05, 3.63) is 63.1 Å². The fourth-order valence-electron chi connectivity index (χ4n) is 1.83. The van der Waals surface area contributed by atoms with Crippen molar-refractivity contribution in [2.75, 3.05) is 7.11 Å². The molecule has 2 aromatic carbocycles. The van der Waals surface area contributed by atoms with Crippen LogP contribution in [0.2, 0.25) is 5.02 Å². The third kappa shape index (κ3) is 3.98. The Kier molecular flexibility index (Phi) is 5.31. The molecule has 0 aliphatic rings. The lowest BCUT2D eigenvalue weighted by Gasteiger charge is -2.13. The summed E-state index contributed by atoms with van der Waals surface area (Å²) in [6.07, 6.45) is 0.880. The number of hydrogen-bond donors (Lipinski definition) is 0. The topological polar surface area (TPSA) is 9.23 Å². The highest BCUT2D eigenvalue weighted by Gasteiger charge is 2.12. The molecule has 0 aliphatic heterocycles. The molecule has 0 saturated carbocycles. The summed E-state index contributed by atoms with van der Waals surface area (Å²) in [5.74, 6) is 0.872. The maximum Gasteiger partial charge on any atom is 0.118 e. The molecule has 1 atom stereocenters. The molecule has 1 nitrogen and oxygen atoms in total. The van der Waals surface area contributed by atoms with Crippen molar-refractivity contribution in [1.29, 1.82) is 0 Å². The van der Waals surface area contributed by atoms with Gasteiger partial charge in [0.2, 0.25) is 0 Å². The number of ether oxygens (including phenoxy) is 1. The second kappa shape index (κ2) is 6.78. The summed E-state index contributed by atoms with van der Waals surface area (Å²) in [6.45, 7) is 0. The zero-order chi connectivity index (χ0) is 13.8. The molecule has 100 valence electrons. The summed E-state index contributed by atoms with van der Waals surface area (Å²) < 4.78 is 6.14. The average molecular weight is 405 g/mol. The minimum Gasteiger partial charge on any atom is -0.497 e. The van der Waals surface area contributed by atoms with Crippen LogP contribution < -0.4 is 4.74 Å². The van der Waals surface area contributed by atoms with Gasteiger partial charge in [0.15, 0.2) is 0 Å². The van der Waals surface area contributed by atoms with E-state index in [2.05, 4.69) is 44.0 Å². The van der Waals surface area contributed by atoms with Gasteiger partial charge in [0.1, 0.15) is 5.75 Å². The molecular weight excluding hydrogens is 391 g/mol. The largest absolute Gasteiger partial charge is 0.497 e. The van der Waals surface area contributed by atoms with Crippen molar-refractivity contribution < 1.29 is 4.74 Å². The monoisotopic (exact) mass is 402 g/mol. The normalized spacial score (nSPS) is 12.2. The van der Waals surface area contributed by atoms with Gasteiger partial charge in [-0.1, -0.05) is 61.7 Å². The molecule has 19 heavy (non-hydrogen) atoms. The van der Waals surface area contributed by atoms with Gasteiger partial charge in [-0.3, -0.25) is 0 Å². The number of rotatable bonds is 4. The van der Waals surface area contributed by atoms with E-state index in [9.17, 15) is 0 Å². The van der Waals surface area contributed by atoms with Crippen LogP contribution in [0, 0.1) is 0 Å². The fourth-order valence-corrected chi connectivity index (χ4v) is 3.54.